The van der Waals surface area contributed by atoms with E-state index in [4.69, 9.17) is 16.3 Å². The molecule has 150 valence electrons. The topological polar surface area (TPSA) is 72.5 Å². The van der Waals surface area contributed by atoms with E-state index in [-0.39, 0.29) is 11.5 Å². The third-order valence-electron chi connectivity index (χ3n) is 5.53. The Morgan fingerprint density at radius 1 is 1.10 bits per heavy atom. The Kier molecular flexibility index (Phi) is 5.11. The van der Waals surface area contributed by atoms with Crippen molar-refractivity contribution in [3.05, 3.63) is 76.8 Å². The molecule has 3 aromatic rings. The number of ether oxygens (including phenoxy) is 1. The summed E-state index contributed by atoms with van der Waals surface area (Å²) in [5.74, 6) is -0.603. The summed E-state index contributed by atoms with van der Waals surface area (Å²) in [6.07, 6.45) is 1.01. The predicted molar refractivity (Wildman–Crippen MR) is 113 cm³/mol. The molecule has 0 heterocycles. The van der Waals surface area contributed by atoms with Crippen LogP contribution in [-0.2, 0) is 31.4 Å². The van der Waals surface area contributed by atoms with Gasteiger partial charge < -0.3 is 4.74 Å². The first-order valence-electron chi connectivity index (χ1n) is 9.21. The third kappa shape index (κ3) is 3.31. The molecule has 1 N–H and O–H groups in total. The minimum absolute atomic E-state index is 0.0667. The van der Waals surface area contributed by atoms with Crippen molar-refractivity contribution >= 4 is 38.3 Å². The second-order valence-corrected chi connectivity index (χ2v) is 9.25. The summed E-state index contributed by atoms with van der Waals surface area (Å²) in [7, 11) is -2.58. The number of hydrogen-bond donors (Lipinski definition) is 1. The molecule has 1 unspecified atom stereocenters. The van der Waals surface area contributed by atoms with E-state index < -0.39 is 21.3 Å². The first kappa shape index (κ1) is 19.9. The summed E-state index contributed by atoms with van der Waals surface area (Å²) in [5.41, 5.74) is 0.480. The quantitative estimate of drug-likeness (QED) is 0.669. The second-order valence-electron chi connectivity index (χ2n) is 7.19. The van der Waals surface area contributed by atoms with E-state index in [1.165, 1.54) is 13.2 Å². The maximum Gasteiger partial charge on any atom is 0.264 e. The molecule has 4 rings (SSSR count). The summed E-state index contributed by atoms with van der Waals surface area (Å²) in [6, 6.07) is 17.5. The average Bonchev–Trinajstić information content (AvgIpc) is 3.09. The standard InChI is InChI=1S/C22H20ClNO4S/c1-28-14-22(13-12-17-18(22)9-5-10-19(17)23)21(25)24-29(26,27)20-11-4-7-15-6-2-3-8-16(15)20/h2-11H,12-14H2,1H3,(H,24,25). The number of sulfonamides is 1. The van der Waals surface area contributed by atoms with E-state index in [2.05, 4.69) is 4.72 Å². The predicted octanol–water partition coefficient (Wildman–Crippen LogP) is 3.83. The molecule has 0 fully saturated rings. The molecule has 3 aromatic carbocycles. The van der Waals surface area contributed by atoms with Crippen molar-refractivity contribution < 1.29 is 17.9 Å². The maximum absolute atomic E-state index is 13.3. The zero-order chi connectivity index (χ0) is 20.6. The van der Waals surface area contributed by atoms with Crippen molar-refractivity contribution in [1.82, 2.24) is 4.72 Å². The lowest BCUT2D eigenvalue weighted by Gasteiger charge is -2.28. The zero-order valence-electron chi connectivity index (χ0n) is 15.8. The lowest BCUT2D eigenvalue weighted by atomic mass is 9.82. The van der Waals surface area contributed by atoms with Crippen LogP contribution in [0.3, 0.4) is 0 Å². The van der Waals surface area contributed by atoms with Gasteiger partial charge in [-0.2, -0.15) is 0 Å². The highest BCUT2D eigenvalue weighted by atomic mass is 35.5. The van der Waals surface area contributed by atoms with Crippen LogP contribution in [0, 0.1) is 0 Å². The number of carbonyl (C=O) groups excluding carboxylic acids is 1. The first-order valence-corrected chi connectivity index (χ1v) is 11.1. The second kappa shape index (κ2) is 7.44. The molecule has 1 amide bonds. The molecule has 1 atom stereocenters. The van der Waals surface area contributed by atoms with Crippen LogP contribution in [-0.4, -0.2) is 28.0 Å². The molecule has 1 aliphatic carbocycles. The molecular formula is C22H20ClNO4S. The van der Waals surface area contributed by atoms with E-state index in [0.717, 1.165) is 16.5 Å². The van der Waals surface area contributed by atoms with Gasteiger partial charge in [0.1, 0.15) is 0 Å². The molecule has 0 saturated carbocycles. The number of hydrogen-bond acceptors (Lipinski definition) is 4. The smallest absolute Gasteiger partial charge is 0.264 e. The van der Waals surface area contributed by atoms with Crippen molar-refractivity contribution in [2.24, 2.45) is 0 Å². The van der Waals surface area contributed by atoms with Gasteiger partial charge in [0.25, 0.3) is 10.0 Å². The summed E-state index contributed by atoms with van der Waals surface area (Å²) >= 11 is 6.31. The number of amides is 1. The van der Waals surface area contributed by atoms with Crippen molar-refractivity contribution in [1.29, 1.82) is 0 Å². The Labute approximate surface area is 174 Å². The summed E-state index contributed by atoms with van der Waals surface area (Å²) in [4.78, 5) is 13.4. The highest BCUT2D eigenvalue weighted by Crippen LogP contribution is 2.42. The van der Waals surface area contributed by atoms with Crippen LogP contribution in [0.1, 0.15) is 17.5 Å². The van der Waals surface area contributed by atoms with Gasteiger partial charge in [-0.15, -0.1) is 0 Å². The zero-order valence-corrected chi connectivity index (χ0v) is 17.4. The highest BCUT2D eigenvalue weighted by molar-refractivity contribution is 7.90. The van der Waals surface area contributed by atoms with E-state index in [9.17, 15) is 13.2 Å². The lowest BCUT2D eigenvalue weighted by Crippen LogP contribution is -2.48. The van der Waals surface area contributed by atoms with Crippen LogP contribution in [0.4, 0.5) is 0 Å². The minimum atomic E-state index is -4.08. The van der Waals surface area contributed by atoms with Gasteiger partial charge in [-0.1, -0.05) is 60.1 Å². The number of benzene rings is 3. The van der Waals surface area contributed by atoms with Gasteiger partial charge in [-0.3, -0.25) is 4.79 Å². The number of rotatable bonds is 5. The van der Waals surface area contributed by atoms with Gasteiger partial charge in [0.15, 0.2) is 0 Å². The Morgan fingerprint density at radius 2 is 1.83 bits per heavy atom. The van der Waals surface area contributed by atoms with Gasteiger partial charge >= 0.3 is 0 Å². The van der Waals surface area contributed by atoms with Crippen LogP contribution in [0.5, 0.6) is 0 Å². The number of methoxy groups -OCH3 is 1. The van der Waals surface area contributed by atoms with Crippen LogP contribution < -0.4 is 4.72 Å². The normalized spacial score (nSPS) is 18.6. The number of fused-ring (bicyclic) bond motifs is 2. The van der Waals surface area contributed by atoms with Crippen LogP contribution in [0.25, 0.3) is 10.8 Å². The Hall–Kier alpha value is -2.41. The van der Waals surface area contributed by atoms with Gasteiger partial charge in [0, 0.05) is 17.5 Å². The summed E-state index contributed by atoms with van der Waals surface area (Å²) < 4.78 is 33.9. The first-order chi connectivity index (χ1) is 13.9. The Balaban J connectivity index is 1.75. The molecule has 0 saturated heterocycles. The van der Waals surface area contributed by atoms with Crippen molar-refractivity contribution in [3.8, 4) is 0 Å². The van der Waals surface area contributed by atoms with Crippen molar-refractivity contribution in [2.45, 2.75) is 23.2 Å². The molecule has 0 bridgehead atoms. The monoisotopic (exact) mass is 429 g/mol. The van der Waals surface area contributed by atoms with E-state index in [0.29, 0.717) is 23.3 Å². The fourth-order valence-electron chi connectivity index (χ4n) is 4.14. The molecule has 0 aromatic heterocycles. The third-order valence-corrected chi connectivity index (χ3v) is 7.27. The molecule has 5 nitrogen and oxygen atoms in total. The van der Waals surface area contributed by atoms with Crippen molar-refractivity contribution in [3.63, 3.8) is 0 Å². The Bertz CT molecular complexity index is 1200. The van der Waals surface area contributed by atoms with Gasteiger partial charge in [-0.05, 0) is 41.5 Å². The van der Waals surface area contributed by atoms with Crippen LogP contribution in [0.2, 0.25) is 5.02 Å². The highest BCUT2D eigenvalue weighted by Gasteiger charge is 2.47. The lowest BCUT2D eigenvalue weighted by molar-refractivity contribution is -0.126. The van der Waals surface area contributed by atoms with Crippen molar-refractivity contribution in [2.75, 3.05) is 13.7 Å². The number of halogens is 1. The van der Waals surface area contributed by atoms with E-state index in [1.807, 2.05) is 24.3 Å². The molecule has 0 radical (unpaired) electrons. The summed E-state index contributed by atoms with van der Waals surface area (Å²) in [5, 5.41) is 1.92. The maximum atomic E-state index is 13.3. The van der Waals surface area contributed by atoms with Gasteiger partial charge in [0.2, 0.25) is 5.91 Å². The van der Waals surface area contributed by atoms with Gasteiger partial charge in [0.05, 0.1) is 16.9 Å². The number of carbonyl (C=O) groups is 1. The fraction of sp³-hybridized carbons (Fsp3) is 0.227. The molecule has 0 spiro atoms. The molecular weight excluding hydrogens is 410 g/mol. The van der Waals surface area contributed by atoms with Crippen LogP contribution in [0.15, 0.2) is 65.6 Å². The Morgan fingerprint density at radius 3 is 2.62 bits per heavy atom. The largest absolute Gasteiger partial charge is 0.383 e. The van der Waals surface area contributed by atoms with E-state index >= 15 is 0 Å². The van der Waals surface area contributed by atoms with Crippen LogP contribution >= 0.6 is 11.6 Å². The SMILES string of the molecule is COCC1(C(=O)NS(=O)(=O)c2cccc3ccccc23)CCc2c(Cl)cccc21. The number of nitrogens with one attached hydrogen (secondary N) is 1. The summed E-state index contributed by atoms with van der Waals surface area (Å²) in [6.45, 7) is 0.0667. The fourth-order valence-corrected chi connectivity index (χ4v) is 5.69. The minimum Gasteiger partial charge on any atom is -0.383 e. The molecule has 1 aliphatic rings. The molecule has 7 heteroatoms. The molecule has 29 heavy (non-hydrogen) atoms. The van der Waals surface area contributed by atoms with E-state index in [1.54, 1.807) is 30.3 Å². The van der Waals surface area contributed by atoms with Gasteiger partial charge in [-0.25, -0.2) is 13.1 Å². The average molecular weight is 430 g/mol. The molecule has 0 aliphatic heterocycles.